The van der Waals surface area contributed by atoms with E-state index in [1.54, 1.807) is 6.20 Å². The van der Waals surface area contributed by atoms with Crippen molar-refractivity contribution in [2.45, 2.75) is 32.4 Å². The van der Waals surface area contributed by atoms with Crippen LogP contribution in [-0.4, -0.2) is 19.3 Å². The number of imidazole rings is 1. The molecule has 21 heavy (non-hydrogen) atoms. The Hall–Kier alpha value is -2.14. The molecule has 0 spiro atoms. The second-order valence-corrected chi connectivity index (χ2v) is 5.36. The zero-order valence-electron chi connectivity index (χ0n) is 12.5. The molecular weight excluding hydrogens is 262 g/mol. The largest absolute Gasteiger partial charge is 0.328 e. The van der Waals surface area contributed by atoms with Crippen LogP contribution in [0.5, 0.6) is 0 Å². The molecule has 5 nitrogen and oxygen atoms in total. The maximum absolute atomic E-state index is 6.35. The maximum atomic E-state index is 6.35. The average molecular weight is 283 g/mol. The van der Waals surface area contributed by atoms with Crippen molar-refractivity contribution in [3.05, 3.63) is 48.0 Å². The Morgan fingerprint density at radius 2 is 2.05 bits per heavy atom. The van der Waals surface area contributed by atoms with Gasteiger partial charge in [0.05, 0.1) is 22.8 Å². The van der Waals surface area contributed by atoms with E-state index in [1.165, 1.54) is 5.52 Å². The van der Waals surface area contributed by atoms with E-state index in [0.717, 1.165) is 30.0 Å². The number of fused-ring (bicyclic) bond motifs is 1. The van der Waals surface area contributed by atoms with Crippen molar-refractivity contribution >= 4 is 11.0 Å². The first-order chi connectivity index (χ1) is 10.2. The quantitative estimate of drug-likeness (QED) is 0.782. The summed E-state index contributed by atoms with van der Waals surface area (Å²) in [6.07, 6.45) is 3.58. The first-order valence-electron chi connectivity index (χ1n) is 7.38. The molecule has 1 atom stereocenters. The van der Waals surface area contributed by atoms with E-state index < -0.39 is 0 Å². The smallest absolute Gasteiger partial charge is 0.111 e. The summed E-state index contributed by atoms with van der Waals surface area (Å²) in [5, 5.41) is 4.19. The van der Waals surface area contributed by atoms with E-state index in [9.17, 15) is 0 Å². The highest BCUT2D eigenvalue weighted by Gasteiger charge is 2.16. The molecule has 1 unspecified atom stereocenters. The Balaban J connectivity index is 1.96. The van der Waals surface area contributed by atoms with Gasteiger partial charge in [-0.25, -0.2) is 4.98 Å². The van der Waals surface area contributed by atoms with Gasteiger partial charge in [0.1, 0.15) is 5.82 Å². The fourth-order valence-electron chi connectivity index (χ4n) is 2.80. The van der Waals surface area contributed by atoms with Crippen molar-refractivity contribution in [2.75, 3.05) is 0 Å². The third kappa shape index (κ3) is 2.56. The van der Waals surface area contributed by atoms with E-state index in [2.05, 4.69) is 34.8 Å². The Morgan fingerprint density at radius 1 is 1.24 bits per heavy atom. The number of nitrogens with two attached hydrogens (primary N) is 1. The number of para-hydroxylation sites is 2. The summed E-state index contributed by atoms with van der Waals surface area (Å²) >= 11 is 0. The molecule has 0 aliphatic heterocycles. The van der Waals surface area contributed by atoms with Crippen LogP contribution in [0.4, 0.5) is 0 Å². The number of aryl methyl sites for hydroxylation is 2. The third-order valence-corrected chi connectivity index (χ3v) is 3.82. The number of benzene rings is 1. The van der Waals surface area contributed by atoms with Gasteiger partial charge < -0.3 is 10.3 Å². The van der Waals surface area contributed by atoms with Crippen molar-refractivity contribution in [2.24, 2.45) is 12.8 Å². The van der Waals surface area contributed by atoms with Gasteiger partial charge in [0.25, 0.3) is 0 Å². The number of rotatable bonds is 5. The van der Waals surface area contributed by atoms with E-state index >= 15 is 0 Å². The molecule has 110 valence electrons. The minimum Gasteiger partial charge on any atom is -0.328 e. The van der Waals surface area contributed by atoms with Crippen molar-refractivity contribution < 1.29 is 0 Å². The van der Waals surface area contributed by atoms with Gasteiger partial charge in [-0.1, -0.05) is 19.1 Å². The molecule has 3 aromatic rings. The predicted octanol–water partition coefficient (Wildman–Crippen LogP) is 2.42. The normalized spacial score (nSPS) is 12.9. The Morgan fingerprint density at radius 3 is 2.76 bits per heavy atom. The van der Waals surface area contributed by atoms with Crippen LogP contribution in [0.1, 0.15) is 30.9 Å². The highest BCUT2D eigenvalue weighted by atomic mass is 15.3. The van der Waals surface area contributed by atoms with E-state index in [1.807, 2.05) is 23.9 Å². The molecule has 2 N–H and O–H groups in total. The summed E-state index contributed by atoms with van der Waals surface area (Å²) in [6.45, 7) is 3.15. The second kappa shape index (κ2) is 5.69. The lowest BCUT2D eigenvalue weighted by atomic mass is 10.1. The first-order valence-corrected chi connectivity index (χ1v) is 7.38. The maximum Gasteiger partial charge on any atom is 0.111 e. The molecule has 3 rings (SSSR count). The summed E-state index contributed by atoms with van der Waals surface area (Å²) in [5.41, 5.74) is 9.60. The molecule has 5 heteroatoms. The summed E-state index contributed by atoms with van der Waals surface area (Å²) < 4.78 is 4.11. The molecule has 0 aliphatic rings. The van der Waals surface area contributed by atoms with Crippen LogP contribution in [0.15, 0.2) is 36.5 Å². The molecule has 2 heterocycles. The number of hydrogen-bond acceptors (Lipinski definition) is 3. The summed E-state index contributed by atoms with van der Waals surface area (Å²) in [4.78, 5) is 4.76. The fourth-order valence-corrected chi connectivity index (χ4v) is 2.80. The highest BCUT2D eigenvalue weighted by molar-refractivity contribution is 5.75. The lowest BCUT2D eigenvalue weighted by Gasteiger charge is -2.13. The topological polar surface area (TPSA) is 61.7 Å². The zero-order chi connectivity index (χ0) is 14.8. The molecule has 0 bridgehead atoms. The summed E-state index contributed by atoms with van der Waals surface area (Å²) in [6, 6.07) is 10.1. The van der Waals surface area contributed by atoms with Crippen LogP contribution in [0.25, 0.3) is 11.0 Å². The molecule has 0 saturated carbocycles. The minimum absolute atomic E-state index is 0.0927. The van der Waals surface area contributed by atoms with Gasteiger partial charge in [0.2, 0.25) is 0 Å². The van der Waals surface area contributed by atoms with Gasteiger partial charge in [-0.3, -0.25) is 4.68 Å². The Kier molecular flexibility index (Phi) is 3.75. The average Bonchev–Trinajstić information content (AvgIpc) is 3.04. The van der Waals surface area contributed by atoms with Crippen LogP contribution in [0.2, 0.25) is 0 Å². The second-order valence-electron chi connectivity index (χ2n) is 5.36. The van der Waals surface area contributed by atoms with Crippen LogP contribution in [-0.2, 0) is 20.0 Å². The molecule has 1 aromatic carbocycles. The highest BCUT2D eigenvalue weighted by Crippen LogP contribution is 2.21. The zero-order valence-corrected chi connectivity index (χ0v) is 12.5. The van der Waals surface area contributed by atoms with Crippen LogP contribution < -0.4 is 5.73 Å². The third-order valence-electron chi connectivity index (χ3n) is 3.82. The molecule has 0 radical (unpaired) electrons. The molecule has 0 amide bonds. The van der Waals surface area contributed by atoms with Crippen molar-refractivity contribution in [3.63, 3.8) is 0 Å². The summed E-state index contributed by atoms with van der Waals surface area (Å²) in [5.74, 6) is 1.05. The van der Waals surface area contributed by atoms with Crippen molar-refractivity contribution in [1.82, 2.24) is 19.3 Å². The molecule has 2 aromatic heterocycles. The first kappa shape index (κ1) is 13.8. The monoisotopic (exact) mass is 283 g/mol. The van der Waals surface area contributed by atoms with Gasteiger partial charge in [-0.2, -0.15) is 5.10 Å². The minimum atomic E-state index is -0.0927. The Labute approximate surface area is 124 Å². The Bertz CT molecular complexity index is 740. The summed E-state index contributed by atoms with van der Waals surface area (Å²) in [7, 11) is 1.92. The van der Waals surface area contributed by atoms with Crippen LogP contribution >= 0.6 is 0 Å². The standard InChI is InChI=1S/C16H21N5/c1-3-10-21-15-7-5-4-6-13(15)19-16(21)11-12(17)14-8-9-18-20(14)2/h4-9,12H,3,10-11,17H2,1-2H3. The van der Waals surface area contributed by atoms with E-state index in [-0.39, 0.29) is 6.04 Å². The van der Waals surface area contributed by atoms with Gasteiger partial charge in [-0.15, -0.1) is 0 Å². The van der Waals surface area contributed by atoms with Gasteiger partial charge in [0.15, 0.2) is 0 Å². The van der Waals surface area contributed by atoms with Crippen molar-refractivity contribution in [3.8, 4) is 0 Å². The molecule has 0 saturated heterocycles. The fraction of sp³-hybridized carbons (Fsp3) is 0.375. The van der Waals surface area contributed by atoms with E-state index in [0.29, 0.717) is 6.42 Å². The molecule has 0 fully saturated rings. The predicted molar refractivity (Wildman–Crippen MR) is 83.9 cm³/mol. The van der Waals surface area contributed by atoms with Gasteiger partial charge >= 0.3 is 0 Å². The van der Waals surface area contributed by atoms with Crippen LogP contribution in [0.3, 0.4) is 0 Å². The SMILES string of the molecule is CCCn1c(CC(N)c2ccnn2C)nc2ccccc21. The lowest BCUT2D eigenvalue weighted by molar-refractivity contribution is 0.573. The van der Waals surface area contributed by atoms with Crippen molar-refractivity contribution in [1.29, 1.82) is 0 Å². The molecule has 0 aliphatic carbocycles. The lowest BCUT2D eigenvalue weighted by Crippen LogP contribution is -2.19. The molecular formula is C16H21N5. The van der Waals surface area contributed by atoms with Crippen LogP contribution in [0, 0.1) is 0 Å². The van der Waals surface area contributed by atoms with Gasteiger partial charge in [-0.05, 0) is 24.6 Å². The van der Waals surface area contributed by atoms with E-state index in [4.69, 9.17) is 10.7 Å². The number of hydrogen-bond donors (Lipinski definition) is 1. The number of aromatic nitrogens is 4. The van der Waals surface area contributed by atoms with Gasteiger partial charge in [0, 0.05) is 26.2 Å². The number of nitrogens with zero attached hydrogens (tertiary/aromatic N) is 4.